The van der Waals surface area contributed by atoms with Gasteiger partial charge in [0.2, 0.25) is 5.82 Å². The van der Waals surface area contributed by atoms with Crippen molar-refractivity contribution < 1.29 is 18.3 Å². The molecule has 184 valence electrons. The summed E-state index contributed by atoms with van der Waals surface area (Å²) in [5, 5.41) is 0. The third-order valence-corrected chi connectivity index (χ3v) is 7.68. The van der Waals surface area contributed by atoms with E-state index in [0.717, 1.165) is 32.3 Å². The molecule has 2 fully saturated rings. The number of hydrogen-bond acceptors (Lipinski definition) is 2. The summed E-state index contributed by atoms with van der Waals surface area (Å²) in [4.78, 5) is 0. The lowest BCUT2D eigenvalue weighted by Crippen LogP contribution is -2.34. The summed E-state index contributed by atoms with van der Waals surface area (Å²) in [5.74, 6) is 0.113. The molecule has 2 aliphatic rings. The predicted molar refractivity (Wildman–Crippen MR) is 134 cm³/mol. The third kappa shape index (κ3) is 5.89. The molecule has 2 aromatic rings. The van der Waals surface area contributed by atoms with Gasteiger partial charge in [-0.15, -0.1) is 6.58 Å². The normalized spacial score (nSPS) is 25.1. The molecule has 0 bridgehead atoms. The number of rotatable bonds is 9. The van der Waals surface area contributed by atoms with Crippen molar-refractivity contribution in [2.45, 2.75) is 76.7 Å². The van der Waals surface area contributed by atoms with Crippen molar-refractivity contribution >= 4 is 0 Å². The van der Waals surface area contributed by atoms with Crippen LogP contribution >= 0.6 is 0 Å². The minimum absolute atomic E-state index is 0.0225. The van der Waals surface area contributed by atoms with Crippen LogP contribution in [0.5, 0.6) is 5.75 Å². The molecule has 2 nitrogen and oxygen atoms in total. The Morgan fingerprint density at radius 3 is 2.38 bits per heavy atom. The van der Waals surface area contributed by atoms with Gasteiger partial charge in [-0.2, -0.15) is 4.39 Å². The molecule has 0 spiro atoms. The fourth-order valence-electron chi connectivity index (χ4n) is 5.62. The smallest absolute Gasteiger partial charge is 0.201 e. The van der Waals surface area contributed by atoms with Gasteiger partial charge in [0.05, 0.1) is 12.7 Å². The molecule has 1 heterocycles. The fraction of sp³-hybridized carbons (Fsp3) is 0.533. The molecule has 0 N–H and O–H groups in total. The maximum atomic E-state index is 14.7. The molecule has 1 saturated heterocycles. The maximum absolute atomic E-state index is 14.7. The van der Waals surface area contributed by atoms with Crippen LogP contribution in [0.25, 0.3) is 11.1 Å². The van der Waals surface area contributed by atoms with E-state index in [4.69, 9.17) is 9.47 Å². The van der Waals surface area contributed by atoms with E-state index in [0.29, 0.717) is 36.0 Å². The minimum atomic E-state index is -0.912. The minimum Gasteiger partial charge on any atom is -0.490 e. The Hall–Kier alpha value is -2.20. The van der Waals surface area contributed by atoms with Gasteiger partial charge in [-0.25, -0.2) is 4.39 Å². The number of benzene rings is 2. The molecule has 2 unspecified atom stereocenters. The first kappa shape index (κ1) is 24.9. The summed E-state index contributed by atoms with van der Waals surface area (Å²) >= 11 is 0. The standard InChI is InChI=1S/C30H38F2O2/c1-3-5-6-21-7-17-27(34-20-21)25-14-10-23(11-15-25)22-8-12-24(13-9-22)26-16-18-28(33-19-4-2)30(32)29(26)31/h3,8-9,12-13,16,18,21,23,25,27H,1,4-7,10-11,14-15,17,19-20H2,2H3. The molecule has 34 heavy (non-hydrogen) atoms. The topological polar surface area (TPSA) is 18.5 Å². The first-order valence-electron chi connectivity index (χ1n) is 13.0. The molecule has 4 heteroatoms. The second-order valence-corrected chi connectivity index (χ2v) is 10.0. The van der Waals surface area contributed by atoms with E-state index in [1.165, 1.54) is 43.7 Å². The first-order chi connectivity index (χ1) is 16.6. The molecular formula is C30H38F2O2. The summed E-state index contributed by atoms with van der Waals surface area (Å²) < 4.78 is 40.6. The molecule has 0 aromatic heterocycles. The van der Waals surface area contributed by atoms with Crippen molar-refractivity contribution in [3.8, 4) is 16.9 Å². The van der Waals surface area contributed by atoms with Gasteiger partial charge in [-0.3, -0.25) is 0 Å². The van der Waals surface area contributed by atoms with Crippen molar-refractivity contribution in [1.29, 1.82) is 0 Å². The third-order valence-electron chi connectivity index (χ3n) is 7.68. The van der Waals surface area contributed by atoms with Gasteiger partial charge in [0.25, 0.3) is 0 Å². The maximum Gasteiger partial charge on any atom is 0.201 e. The quantitative estimate of drug-likeness (QED) is 0.344. The Kier molecular flexibility index (Phi) is 8.77. The second-order valence-electron chi connectivity index (χ2n) is 10.0. The van der Waals surface area contributed by atoms with Crippen LogP contribution in [0, 0.1) is 23.5 Å². The average Bonchev–Trinajstić information content (AvgIpc) is 2.89. The Morgan fingerprint density at radius 2 is 1.74 bits per heavy atom. The van der Waals surface area contributed by atoms with E-state index < -0.39 is 11.6 Å². The van der Waals surface area contributed by atoms with Gasteiger partial charge < -0.3 is 9.47 Å². The van der Waals surface area contributed by atoms with E-state index in [1.807, 2.05) is 25.1 Å². The molecule has 4 rings (SSSR count). The molecule has 1 aliphatic carbocycles. The van der Waals surface area contributed by atoms with Crippen LogP contribution in [0.3, 0.4) is 0 Å². The number of ether oxygens (including phenoxy) is 2. The number of allylic oxidation sites excluding steroid dienone is 1. The largest absolute Gasteiger partial charge is 0.490 e. The lowest BCUT2D eigenvalue weighted by molar-refractivity contribution is -0.0572. The highest BCUT2D eigenvalue weighted by Gasteiger charge is 2.32. The molecule has 2 atom stereocenters. The Morgan fingerprint density at radius 1 is 0.971 bits per heavy atom. The van der Waals surface area contributed by atoms with Gasteiger partial charge >= 0.3 is 0 Å². The highest BCUT2D eigenvalue weighted by atomic mass is 19.2. The van der Waals surface area contributed by atoms with Gasteiger partial charge in [0.15, 0.2) is 11.6 Å². The van der Waals surface area contributed by atoms with Crippen molar-refractivity contribution in [3.05, 3.63) is 66.3 Å². The Bertz CT molecular complexity index is 924. The van der Waals surface area contributed by atoms with Crippen LogP contribution in [0.4, 0.5) is 8.78 Å². The van der Waals surface area contributed by atoms with Crippen molar-refractivity contribution in [2.75, 3.05) is 13.2 Å². The van der Waals surface area contributed by atoms with Gasteiger partial charge in [-0.05, 0) is 98.8 Å². The van der Waals surface area contributed by atoms with Crippen LogP contribution in [0.2, 0.25) is 0 Å². The first-order valence-corrected chi connectivity index (χ1v) is 13.0. The summed E-state index contributed by atoms with van der Waals surface area (Å²) in [6, 6.07) is 11.1. The SMILES string of the molecule is C=CCCC1CCC(C2CCC(c3ccc(-c4ccc(OCCC)c(F)c4F)cc3)CC2)OC1. The van der Waals surface area contributed by atoms with E-state index in [1.54, 1.807) is 6.07 Å². The second kappa shape index (κ2) is 12.0. The number of hydrogen-bond donors (Lipinski definition) is 0. The lowest BCUT2D eigenvalue weighted by atomic mass is 9.75. The summed E-state index contributed by atoms with van der Waals surface area (Å²) in [6.45, 7) is 7.04. The molecule has 1 aliphatic heterocycles. The van der Waals surface area contributed by atoms with Crippen molar-refractivity contribution in [3.63, 3.8) is 0 Å². The van der Waals surface area contributed by atoms with Crippen molar-refractivity contribution in [2.24, 2.45) is 11.8 Å². The number of halogens is 2. The van der Waals surface area contributed by atoms with Crippen molar-refractivity contribution in [1.82, 2.24) is 0 Å². The van der Waals surface area contributed by atoms with Gasteiger partial charge in [-0.1, -0.05) is 37.3 Å². The molecular weight excluding hydrogens is 430 g/mol. The van der Waals surface area contributed by atoms with E-state index >= 15 is 0 Å². The summed E-state index contributed by atoms with van der Waals surface area (Å²) in [7, 11) is 0. The summed E-state index contributed by atoms with van der Waals surface area (Å²) in [5.41, 5.74) is 2.26. The molecule has 0 radical (unpaired) electrons. The van der Waals surface area contributed by atoms with E-state index in [2.05, 4.69) is 18.7 Å². The molecule has 1 saturated carbocycles. The van der Waals surface area contributed by atoms with Crippen LogP contribution in [-0.2, 0) is 4.74 Å². The molecule has 2 aromatic carbocycles. The van der Waals surface area contributed by atoms with Gasteiger partial charge in [0.1, 0.15) is 0 Å². The van der Waals surface area contributed by atoms with Gasteiger partial charge in [0, 0.05) is 12.2 Å². The zero-order valence-corrected chi connectivity index (χ0v) is 20.4. The van der Waals surface area contributed by atoms with E-state index in [-0.39, 0.29) is 11.3 Å². The predicted octanol–water partition coefficient (Wildman–Crippen LogP) is 8.46. The van der Waals surface area contributed by atoms with Crippen LogP contribution < -0.4 is 4.74 Å². The molecule has 0 amide bonds. The zero-order valence-electron chi connectivity index (χ0n) is 20.4. The highest BCUT2D eigenvalue weighted by Crippen LogP contribution is 2.41. The fourth-order valence-corrected chi connectivity index (χ4v) is 5.62. The van der Waals surface area contributed by atoms with Crippen LogP contribution in [-0.4, -0.2) is 19.3 Å². The van der Waals surface area contributed by atoms with Crippen LogP contribution in [0.15, 0.2) is 49.1 Å². The Labute approximate surface area is 203 Å². The van der Waals surface area contributed by atoms with Crippen LogP contribution in [0.1, 0.15) is 76.2 Å². The lowest BCUT2D eigenvalue weighted by Gasteiger charge is -2.38. The Balaban J connectivity index is 1.32. The zero-order chi connectivity index (χ0) is 23.9. The summed E-state index contributed by atoms with van der Waals surface area (Å²) in [6.07, 6.45) is 12.7. The average molecular weight is 469 g/mol. The highest BCUT2D eigenvalue weighted by molar-refractivity contribution is 5.65. The monoisotopic (exact) mass is 468 g/mol. The van der Waals surface area contributed by atoms with E-state index in [9.17, 15) is 8.78 Å².